The number of likely N-dealkylation sites (tertiary alicyclic amines) is 1. The van der Waals surface area contributed by atoms with Crippen molar-refractivity contribution in [3.63, 3.8) is 0 Å². The molecular formula is C22H27ClF3N5. The number of aryl methyl sites for hydroxylation is 1. The molecule has 1 aromatic heterocycles. The third kappa shape index (κ3) is 4.90. The fraction of sp³-hybridized carbons (Fsp3) is 0.545. The second kappa shape index (κ2) is 8.47. The van der Waals surface area contributed by atoms with Crippen LogP contribution in [0.4, 0.5) is 30.5 Å². The summed E-state index contributed by atoms with van der Waals surface area (Å²) in [6.07, 6.45) is 1.14. The summed E-state index contributed by atoms with van der Waals surface area (Å²) >= 11 is 5.69. The zero-order valence-electron chi connectivity index (χ0n) is 17.8. The predicted molar refractivity (Wildman–Crippen MR) is 117 cm³/mol. The van der Waals surface area contributed by atoms with Gasteiger partial charge in [-0.3, -0.25) is 0 Å². The molecule has 0 bridgehead atoms. The minimum atomic E-state index is -4.57. The Hall–Kier alpha value is -2.06. The fourth-order valence-corrected chi connectivity index (χ4v) is 4.88. The van der Waals surface area contributed by atoms with Gasteiger partial charge in [-0.05, 0) is 81.9 Å². The van der Waals surface area contributed by atoms with Crippen molar-refractivity contribution in [1.29, 1.82) is 0 Å². The molecule has 2 aliphatic heterocycles. The van der Waals surface area contributed by atoms with E-state index in [0.29, 0.717) is 17.3 Å². The van der Waals surface area contributed by atoms with Crippen LogP contribution in [0.15, 0.2) is 24.4 Å². The van der Waals surface area contributed by atoms with Crippen molar-refractivity contribution >= 4 is 28.9 Å². The molecule has 9 heteroatoms. The van der Waals surface area contributed by atoms with Crippen molar-refractivity contribution in [2.75, 3.05) is 43.4 Å². The van der Waals surface area contributed by atoms with E-state index in [1.54, 1.807) is 0 Å². The molecule has 3 heterocycles. The van der Waals surface area contributed by atoms with E-state index in [1.807, 2.05) is 19.1 Å². The molecule has 0 amide bonds. The van der Waals surface area contributed by atoms with E-state index >= 15 is 0 Å². The summed E-state index contributed by atoms with van der Waals surface area (Å²) in [6, 6.07) is 5.91. The maximum atomic E-state index is 12.8. The van der Waals surface area contributed by atoms with Crippen LogP contribution < -0.4 is 10.2 Å². The lowest BCUT2D eigenvalue weighted by atomic mass is 9.71. The van der Waals surface area contributed by atoms with Gasteiger partial charge in [-0.15, -0.1) is 0 Å². The molecule has 0 atom stereocenters. The van der Waals surface area contributed by atoms with E-state index in [0.717, 1.165) is 18.7 Å². The minimum Gasteiger partial charge on any atom is -0.371 e. The van der Waals surface area contributed by atoms with Gasteiger partial charge in [-0.25, -0.2) is 9.97 Å². The van der Waals surface area contributed by atoms with Gasteiger partial charge in [0.25, 0.3) is 0 Å². The van der Waals surface area contributed by atoms with Gasteiger partial charge in [0.1, 0.15) is 10.7 Å². The molecule has 0 radical (unpaired) electrons. The number of piperidine rings is 2. The van der Waals surface area contributed by atoms with Gasteiger partial charge in [0, 0.05) is 30.7 Å². The van der Waals surface area contributed by atoms with Crippen LogP contribution in [0.5, 0.6) is 0 Å². The van der Waals surface area contributed by atoms with Gasteiger partial charge in [-0.1, -0.05) is 11.6 Å². The predicted octanol–water partition coefficient (Wildman–Crippen LogP) is 5.51. The largest absolute Gasteiger partial charge is 0.420 e. The van der Waals surface area contributed by atoms with Crippen molar-refractivity contribution < 1.29 is 13.2 Å². The first kappa shape index (κ1) is 22.1. The molecular weight excluding hydrogens is 427 g/mol. The smallest absolute Gasteiger partial charge is 0.371 e. The number of benzene rings is 1. The Balaban J connectivity index is 1.41. The van der Waals surface area contributed by atoms with Crippen molar-refractivity contribution in [3.8, 4) is 0 Å². The standard InChI is InChI=1S/C22H27ClF3N5/c1-15-13-16(28-20-27-14-17(19(23)29-20)22(24,25)26)3-4-18(15)31-11-7-21(8-12-31)5-9-30(2)10-6-21/h3-4,13-14H,5-12H2,1-2H3,(H,27,28,29). The number of aromatic nitrogens is 2. The summed E-state index contributed by atoms with van der Waals surface area (Å²) in [7, 11) is 2.20. The maximum absolute atomic E-state index is 12.8. The monoisotopic (exact) mass is 453 g/mol. The summed E-state index contributed by atoms with van der Waals surface area (Å²) in [6.45, 7) is 6.52. The Morgan fingerprint density at radius 1 is 1.06 bits per heavy atom. The summed E-state index contributed by atoms with van der Waals surface area (Å²) in [4.78, 5) is 12.4. The Kier molecular flexibility index (Phi) is 6.05. The first-order valence-electron chi connectivity index (χ1n) is 10.6. The minimum absolute atomic E-state index is 0.0346. The van der Waals surface area contributed by atoms with E-state index < -0.39 is 16.9 Å². The fourth-order valence-electron chi connectivity index (χ4n) is 4.64. The normalized spacial score (nSPS) is 19.6. The molecule has 1 N–H and O–H groups in total. The molecule has 2 aromatic rings. The highest BCUT2D eigenvalue weighted by atomic mass is 35.5. The van der Waals surface area contributed by atoms with E-state index in [2.05, 4.69) is 38.2 Å². The molecule has 2 aliphatic rings. The Morgan fingerprint density at radius 2 is 1.71 bits per heavy atom. The van der Waals surface area contributed by atoms with Crippen molar-refractivity contribution in [3.05, 3.63) is 40.7 Å². The Bertz CT molecular complexity index is 931. The second-order valence-electron chi connectivity index (χ2n) is 8.81. The van der Waals surface area contributed by atoms with Crippen molar-refractivity contribution in [2.45, 2.75) is 38.8 Å². The highest BCUT2D eigenvalue weighted by molar-refractivity contribution is 6.30. The molecule has 0 saturated carbocycles. The van der Waals surface area contributed by atoms with Crippen LogP contribution in [0, 0.1) is 12.3 Å². The summed E-state index contributed by atoms with van der Waals surface area (Å²) in [5.41, 5.74) is 2.46. The van der Waals surface area contributed by atoms with E-state index in [4.69, 9.17) is 11.6 Å². The molecule has 168 valence electrons. The van der Waals surface area contributed by atoms with Crippen LogP contribution in [0.2, 0.25) is 5.15 Å². The van der Waals surface area contributed by atoms with Gasteiger partial charge in [0.2, 0.25) is 5.95 Å². The number of hydrogen-bond acceptors (Lipinski definition) is 5. The summed E-state index contributed by atoms with van der Waals surface area (Å²) in [5.74, 6) is 0.0346. The van der Waals surface area contributed by atoms with Gasteiger partial charge in [0.05, 0.1) is 0 Å². The van der Waals surface area contributed by atoms with E-state index in [-0.39, 0.29) is 5.95 Å². The quantitative estimate of drug-likeness (QED) is 0.620. The molecule has 4 rings (SSSR count). The van der Waals surface area contributed by atoms with Gasteiger partial charge < -0.3 is 15.1 Å². The lowest BCUT2D eigenvalue weighted by Crippen LogP contribution is -2.46. The summed E-state index contributed by atoms with van der Waals surface area (Å²) < 4.78 is 38.5. The molecule has 2 saturated heterocycles. The van der Waals surface area contributed by atoms with Crippen molar-refractivity contribution in [2.24, 2.45) is 5.41 Å². The highest BCUT2D eigenvalue weighted by Gasteiger charge is 2.37. The second-order valence-corrected chi connectivity index (χ2v) is 9.17. The number of alkyl halides is 3. The van der Waals surface area contributed by atoms with E-state index in [1.165, 1.54) is 44.5 Å². The average molecular weight is 454 g/mol. The SMILES string of the molecule is Cc1cc(Nc2ncc(C(F)(F)F)c(Cl)n2)ccc1N1CCC2(CCN(C)CC2)CC1. The van der Waals surface area contributed by atoms with E-state index in [9.17, 15) is 13.2 Å². The summed E-state index contributed by atoms with van der Waals surface area (Å²) in [5, 5.41) is 2.33. The number of anilines is 3. The van der Waals surface area contributed by atoms with Crippen LogP contribution in [0.1, 0.15) is 36.8 Å². The number of halogens is 4. The van der Waals surface area contributed by atoms with Gasteiger partial charge in [-0.2, -0.15) is 13.2 Å². The van der Waals surface area contributed by atoms with Crippen LogP contribution in [-0.2, 0) is 6.18 Å². The molecule has 1 spiro atoms. The molecule has 0 unspecified atom stereocenters. The first-order valence-corrected chi connectivity index (χ1v) is 10.9. The number of rotatable bonds is 3. The van der Waals surface area contributed by atoms with Crippen LogP contribution in [0.3, 0.4) is 0 Å². The molecule has 5 nitrogen and oxygen atoms in total. The third-order valence-corrected chi connectivity index (χ3v) is 7.00. The van der Waals surface area contributed by atoms with Crippen LogP contribution in [-0.4, -0.2) is 48.1 Å². The lowest BCUT2D eigenvalue weighted by molar-refractivity contribution is -0.137. The Morgan fingerprint density at radius 3 is 2.29 bits per heavy atom. The molecule has 31 heavy (non-hydrogen) atoms. The average Bonchev–Trinajstić information content (AvgIpc) is 2.71. The van der Waals surface area contributed by atoms with Crippen molar-refractivity contribution in [1.82, 2.24) is 14.9 Å². The number of nitrogens with zero attached hydrogens (tertiary/aromatic N) is 4. The van der Waals surface area contributed by atoms with Gasteiger partial charge in [0.15, 0.2) is 0 Å². The lowest BCUT2D eigenvalue weighted by Gasteiger charge is -2.47. The van der Waals surface area contributed by atoms with Crippen LogP contribution in [0.25, 0.3) is 0 Å². The molecule has 2 fully saturated rings. The topological polar surface area (TPSA) is 44.3 Å². The third-order valence-electron chi connectivity index (χ3n) is 6.71. The number of nitrogens with one attached hydrogen (secondary N) is 1. The highest BCUT2D eigenvalue weighted by Crippen LogP contribution is 2.42. The van der Waals surface area contributed by atoms with Gasteiger partial charge >= 0.3 is 6.18 Å². The first-order chi connectivity index (χ1) is 14.7. The maximum Gasteiger partial charge on any atom is 0.420 e. The number of hydrogen-bond donors (Lipinski definition) is 1. The Labute approximate surface area is 185 Å². The molecule has 0 aliphatic carbocycles. The zero-order valence-corrected chi connectivity index (χ0v) is 18.5. The molecule has 1 aromatic carbocycles. The van der Waals surface area contributed by atoms with Crippen LogP contribution >= 0.6 is 11.6 Å². The zero-order chi connectivity index (χ0) is 22.2.